The van der Waals surface area contributed by atoms with Gasteiger partial charge in [0.15, 0.2) is 11.7 Å². The number of hydrogen-bond acceptors (Lipinski definition) is 4. The number of aromatic nitrogens is 1. The molecule has 1 aliphatic heterocycles. The minimum absolute atomic E-state index is 0.0125. The topological polar surface area (TPSA) is 49.6 Å². The number of oxazole rings is 1. The van der Waals surface area contributed by atoms with Crippen LogP contribution < -0.4 is 4.90 Å². The Morgan fingerprint density at radius 3 is 2.37 bits per heavy atom. The molecule has 0 spiro atoms. The Morgan fingerprint density at radius 1 is 0.967 bits per heavy atom. The summed E-state index contributed by atoms with van der Waals surface area (Å²) in [4.78, 5) is 20.5. The lowest BCUT2D eigenvalue weighted by Crippen LogP contribution is -2.48. The Bertz CT molecular complexity index is 1030. The molecule has 1 amide bonds. The van der Waals surface area contributed by atoms with Crippen LogP contribution >= 0.6 is 0 Å². The van der Waals surface area contributed by atoms with E-state index in [1.54, 1.807) is 17.0 Å². The molecule has 0 N–H and O–H groups in total. The third-order valence-electron chi connectivity index (χ3n) is 5.13. The molecule has 0 bridgehead atoms. The normalized spacial score (nSPS) is 14.2. The lowest BCUT2D eigenvalue weighted by molar-refractivity contribution is -0.131. The highest BCUT2D eigenvalue weighted by molar-refractivity contribution is 5.76. The van der Waals surface area contributed by atoms with Crippen LogP contribution in [0.4, 0.5) is 18.9 Å². The van der Waals surface area contributed by atoms with Crippen molar-refractivity contribution in [2.75, 3.05) is 31.1 Å². The van der Waals surface area contributed by atoms with E-state index in [1.165, 1.54) is 24.4 Å². The second-order valence-corrected chi connectivity index (χ2v) is 7.09. The number of rotatable bonds is 5. The smallest absolute Gasteiger partial charge is 0.223 e. The van der Waals surface area contributed by atoms with Crippen LogP contribution in [0.25, 0.3) is 11.3 Å². The largest absolute Gasteiger partial charge is 0.441 e. The molecule has 0 aliphatic carbocycles. The van der Waals surface area contributed by atoms with Crippen LogP contribution in [0.3, 0.4) is 0 Å². The predicted octanol–water partition coefficient (Wildman–Crippen LogP) is 4.04. The number of carbonyl (C=O) groups excluding carboxylic acids is 1. The SMILES string of the molecule is O=C(CCc1ncc(-c2ccc(F)cc2F)o1)N1CCN(c2ccc(F)cc2)CC1. The summed E-state index contributed by atoms with van der Waals surface area (Å²) in [6.07, 6.45) is 1.89. The van der Waals surface area contributed by atoms with Crippen LogP contribution in [0.5, 0.6) is 0 Å². The quantitative estimate of drug-likeness (QED) is 0.631. The molecule has 1 fully saturated rings. The summed E-state index contributed by atoms with van der Waals surface area (Å²) in [7, 11) is 0. The zero-order valence-electron chi connectivity index (χ0n) is 16.2. The average Bonchev–Trinajstić information content (AvgIpc) is 3.21. The van der Waals surface area contributed by atoms with Crippen molar-refractivity contribution in [2.24, 2.45) is 0 Å². The van der Waals surface area contributed by atoms with E-state index < -0.39 is 11.6 Å². The molecule has 2 heterocycles. The molecule has 3 aromatic rings. The van der Waals surface area contributed by atoms with E-state index in [9.17, 15) is 18.0 Å². The number of hydrogen-bond donors (Lipinski definition) is 0. The summed E-state index contributed by atoms with van der Waals surface area (Å²) in [6.45, 7) is 2.50. The first kappa shape index (κ1) is 20.0. The van der Waals surface area contributed by atoms with Crippen molar-refractivity contribution >= 4 is 11.6 Å². The zero-order chi connectivity index (χ0) is 21.1. The van der Waals surface area contributed by atoms with E-state index in [1.807, 2.05) is 0 Å². The molecule has 8 heteroatoms. The van der Waals surface area contributed by atoms with Crippen LogP contribution in [0.15, 0.2) is 53.1 Å². The van der Waals surface area contributed by atoms with Gasteiger partial charge in [0.1, 0.15) is 17.5 Å². The Hall–Kier alpha value is -3.29. The van der Waals surface area contributed by atoms with E-state index in [4.69, 9.17) is 4.42 Å². The highest BCUT2D eigenvalue weighted by Crippen LogP contribution is 2.25. The van der Waals surface area contributed by atoms with Crippen LogP contribution in [0.1, 0.15) is 12.3 Å². The molecule has 1 aromatic heterocycles. The molecule has 1 aliphatic rings. The Labute approximate surface area is 171 Å². The number of amides is 1. The van der Waals surface area contributed by atoms with Gasteiger partial charge in [0.05, 0.1) is 11.8 Å². The van der Waals surface area contributed by atoms with Gasteiger partial charge in [0, 0.05) is 50.8 Å². The third-order valence-corrected chi connectivity index (χ3v) is 5.13. The first-order valence-electron chi connectivity index (χ1n) is 9.68. The van der Waals surface area contributed by atoms with Gasteiger partial charge < -0.3 is 14.2 Å². The Kier molecular flexibility index (Phi) is 5.74. The van der Waals surface area contributed by atoms with E-state index >= 15 is 0 Å². The first-order chi connectivity index (χ1) is 14.5. The van der Waals surface area contributed by atoms with Crippen molar-refractivity contribution in [2.45, 2.75) is 12.8 Å². The first-order valence-corrected chi connectivity index (χ1v) is 9.68. The number of halogens is 3. The molecule has 0 unspecified atom stereocenters. The summed E-state index contributed by atoms with van der Waals surface area (Å²) in [5.41, 5.74) is 1.06. The van der Waals surface area contributed by atoms with Gasteiger partial charge in [-0.25, -0.2) is 18.2 Å². The Balaban J connectivity index is 1.29. The molecule has 2 aromatic carbocycles. The molecular formula is C22H20F3N3O2. The predicted molar refractivity (Wildman–Crippen MR) is 105 cm³/mol. The van der Waals surface area contributed by atoms with Crippen LogP contribution in [0.2, 0.25) is 0 Å². The third kappa shape index (κ3) is 4.48. The van der Waals surface area contributed by atoms with Crippen LogP contribution in [-0.2, 0) is 11.2 Å². The van der Waals surface area contributed by atoms with Gasteiger partial charge in [0.2, 0.25) is 5.91 Å². The molecule has 1 saturated heterocycles. The maximum absolute atomic E-state index is 13.9. The minimum atomic E-state index is -0.729. The number of benzene rings is 2. The lowest BCUT2D eigenvalue weighted by Gasteiger charge is -2.36. The van der Waals surface area contributed by atoms with Gasteiger partial charge in [0.25, 0.3) is 0 Å². The van der Waals surface area contributed by atoms with Crippen molar-refractivity contribution in [3.05, 3.63) is 72.0 Å². The summed E-state index contributed by atoms with van der Waals surface area (Å²) >= 11 is 0. The molecule has 0 saturated carbocycles. The van der Waals surface area contributed by atoms with Crippen LogP contribution in [-0.4, -0.2) is 42.0 Å². The maximum atomic E-state index is 13.9. The molecule has 5 nitrogen and oxygen atoms in total. The Morgan fingerprint density at radius 2 is 1.67 bits per heavy atom. The fourth-order valence-corrected chi connectivity index (χ4v) is 3.48. The molecule has 0 atom stereocenters. The molecule has 156 valence electrons. The summed E-state index contributed by atoms with van der Waals surface area (Å²) in [6, 6.07) is 9.54. The molecular weight excluding hydrogens is 395 g/mol. The van der Waals surface area contributed by atoms with Gasteiger partial charge in [-0.05, 0) is 36.4 Å². The number of carbonyl (C=O) groups is 1. The standard InChI is InChI=1S/C22H20F3N3O2/c23-15-1-4-17(5-2-15)27-9-11-28(12-10-27)22(29)8-7-21-26-14-20(30-21)18-6-3-16(24)13-19(18)25/h1-6,13-14H,7-12H2. The fourth-order valence-electron chi connectivity index (χ4n) is 3.48. The van der Waals surface area contributed by atoms with Crippen molar-refractivity contribution in [3.63, 3.8) is 0 Å². The number of nitrogens with zero attached hydrogens (tertiary/aromatic N) is 3. The fraction of sp³-hybridized carbons (Fsp3) is 0.273. The number of piperazine rings is 1. The molecule has 30 heavy (non-hydrogen) atoms. The highest BCUT2D eigenvalue weighted by atomic mass is 19.1. The van der Waals surface area contributed by atoms with Gasteiger partial charge in [-0.15, -0.1) is 0 Å². The van der Waals surface area contributed by atoms with Crippen molar-refractivity contribution < 1.29 is 22.4 Å². The van der Waals surface area contributed by atoms with Gasteiger partial charge >= 0.3 is 0 Å². The zero-order valence-corrected chi connectivity index (χ0v) is 16.2. The number of aryl methyl sites for hydroxylation is 1. The minimum Gasteiger partial charge on any atom is -0.441 e. The summed E-state index contributed by atoms with van der Waals surface area (Å²) in [5, 5.41) is 0. The van der Waals surface area contributed by atoms with Gasteiger partial charge in [-0.1, -0.05) is 0 Å². The number of anilines is 1. The molecule has 0 radical (unpaired) electrons. The molecule has 4 rings (SSSR count). The lowest BCUT2D eigenvalue weighted by atomic mass is 10.2. The summed E-state index contributed by atoms with van der Waals surface area (Å²) in [5.74, 6) is -1.16. The highest BCUT2D eigenvalue weighted by Gasteiger charge is 2.22. The van der Waals surface area contributed by atoms with Crippen molar-refractivity contribution in [1.29, 1.82) is 0 Å². The monoisotopic (exact) mass is 415 g/mol. The summed E-state index contributed by atoms with van der Waals surface area (Å²) < 4.78 is 45.5. The van der Waals surface area contributed by atoms with Crippen molar-refractivity contribution in [1.82, 2.24) is 9.88 Å². The second-order valence-electron chi connectivity index (χ2n) is 7.09. The van der Waals surface area contributed by atoms with Crippen LogP contribution in [0, 0.1) is 17.5 Å². The van der Waals surface area contributed by atoms with E-state index in [2.05, 4.69) is 9.88 Å². The average molecular weight is 415 g/mol. The van der Waals surface area contributed by atoms with E-state index in [-0.39, 0.29) is 29.5 Å². The second kappa shape index (κ2) is 8.61. The maximum Gasteiger partial charge on any atom is 0.223 e. The van der Waals surface area contributed by atoms with Gasteiger partial charge in [-0.3, -0.25) is 4.79 Å². The van der Waals surface area contributed by atoms with Gasteiger partial charge in [-0.2, -0.15) is 0 Å². The van der Waals surface area contributed by atoms with Crippen molar-refractivity contribution in [3.8, 4) is 11.3 Å². The van der Waals surface area contributed by atoms with E-state index in [0.29, 0.717) is 38.5 Å². The van der Waals surface area contributed by atoms with E-state index in [0.717, 1.165) is 17.8 Å².